The number of halogens is 1. The summed E-state index contributed by atoms with van der Waals surface area (Å²) in [5.74, 6) is 0.890. The van der Waals surface area contributed by atoms with Gasteiger partial charge in [-0.1, -0.05) is 44.5 Å². The first kappa shape index (κ1) is 14.9. The highest BCUT2D eigenvalue weighted by Gasteiger charge is 2.29. The zero-order chi connectivity index (χ0) is 13.9. The fraction of sp³-hybridized carbons (Fsp3) is 0.647. The lowest BCUT2D eigenvalue weighted by Gasteiger charge is -2.37. The molecule has 0 heterocycles. The first-order valence-corrected chi connectivity index (χ1v) is 7.81. The maximum Gasteiger partial charge on any atom is 0.0406 e. The van der Waals surface area contributed by atoms with Crippen LogP contribution in [0.2, 0.25) is 5.02 Å². The lowest BCUT2D eigenvalue weighted by molar-refractivity contribution is 0.160. The average Bonchev–Trinajstić information content (AvgIpc) is 2.37. The molecule has 19 heavy (non-hydrogen) atoms. The molecule has 1 nitrogen and oxygen atoms in total. The standard InChI is InChI=1S/C17H26ClN/c1-17(2,3)14-6-10-16(11-7-14)19-12-13-4-8-15(18)9-5-13/h4-5,8-9,14,16,19H,6-7,10-12H2,1-3H3. The van der Waals surface area contributed by atoms with Gasteiger partial charge in [-0.05, 0) is 54.7 Å². The minimum absolute atomic E-state index is 0.473. The monoisotopic (exact) mass is 279 g/mol. The highest BCUT2D eigenvalue weighted by atomic mass is 35.5. The molecule has 2 heteroatoms. The largest absolute Gasteiger partial charge is 0.310 e. The van der Waals surface area contributed by atoms with Crippen LogP contribution in [-0.4, -0.2) is 6.04 Å². The smallest absolute Gasteiger partial charge is 0.0406 e. The van der Waals surface area contributed by atoms with Gasteiger partial charge in [0.15, 0.2) is 0 Å². The van der Waals surface area contributed by atoms with E-state index in [2.05, 4.69) is 38.2 Å². The molecule has 1 aliphatic carbocycles. The Morgan fingerprint density at radius 2 is 1.63 bits per heavy atom. The number of benzene rings is 1. The normalized spacial score (nSPS) is 24.4. The van der Waals surface area contributed by atoms with Crippen molar-refractivity contribution in [1.29, 1.82) is 0 Å². The third-order valence-corrected chi connectivity index (χ3v) is 4.71. The van der Waals surface area contributed by atoms with Gasteiger partial charge in [-0.3, -0.25) is 0 Å². The topological polar surface area (TPSA) is 12.0 Å². The van der Waals surface area contributed by atoms with E-state index in [9.17, 15) is 0 Å². The van der Waals surface area contributed by atoms with Gasteiger partial charge in [0.25, 0.3) is 0 Å². The van der Waals surface area contributed by atoms with Crippen molar-refractivity contribution < 1.29 is 0 Å². The molecule has 0 bridgehead atoms. The predicted octanol–water partition coefficient (Wildman–Crippen LogP) is 5.03. The molecule has 0 spiro atoms. The summed E-state index contributed by atoms with van der Waals surface area (Å²) in [7, 11) is 0. The van der Waals surface area contributed by atoms with Gasteiger partial charge < -0.3 is 5.32 Å². The van der Waals surface area contributed by atoms with Crippen molar-refractivity contribution in [1.82, 2.24) is 5.32 Å². The van der Waals surface area contributed by atoms with Crippen molar-refractivity contribution in [2.24, 2.45) is 11.3 Å². The van der Waals surface area contributed by atoms with Crippen molar-refractivity contribution >= 4 is 11.6 Å². The van der Waals surface area contributed by atoms with Crippen LogP contribution in [0.15, 0.2) is 24.3 Å². The van der Waals surface area contributed by atoms with Crippen LogP contribution in [0.3, 0.4) is 0 Å². The van der Waals surface area contributed by atoms with E-state index in [1.807, 2.05) is 12.1 Å². The second-order valence-electron chi connectivity index (χ2n) is 6.92. The molecule has 0 aromatic heterocycles. The molecule has 1 fully saturated rings. The summed E-state index contributed by atoms with van der Waals surface area (Å²) >= 11 is 5.90. The van der Waals surface area contributed by atoms with Crippen molar-refractivity contribution in [3.05, 3.63) is 34.9 Å². The zero-order valence-corrected chi connectivity index (χ0v) is 13.1. The highest BCUT2D eigenvalue weighted by molar-refractivity contribution is 6.30. The van der Waals surface area contributed by atoms with Crippen LogP contribution in [0.1, 0.15) is 52.0 Å². The summed E-state index contributed by atoms with van der Waals surface area (Å²) < 4.78 is 0. The molecule has 1 N–H and O–H groups in total. The molecule has 0 amide bonds. The lowest BCUT2D eigenvalue weighted by Crippen LogP contribution is -2.35. The first-order valence-electron chi connectivity index (χ1n) is 7.43. The van der Waals surface area contributed by atoms with Crippen LogP contribution in [0.25, 0.3) is 0 Å². The van der Waals surface area contributed by atoms with Crippen molar-refractivity contribution in [3.63, 3.8) is 0 Å². The quantitative estimate of drug-likeness (QED) is 0.818. The molecule has 2 rings (SSSR count). The maximum absolute atomic E-state index is 5.90. The molecule has 0 unspecified atom stereocenters. The summed E-state index contributed by atoms with van der Waals surface area (Å²) in [4.78, 5) is 0. The molecular formula is C17H26ClN. The highest BCUT2D eigenvalue weighted by Crippen LogP contribution is 2.37. The van der Waals surface area contributed by atoms with Crippen LogP contribution >= 0.6 is 11.6 Å². The summed E-state index contributed by atoms with van der Waals surface area (Å²) in [6.45, 7) is 8.08. The Balaban J connectivity index is 1.75. The Morgan fingerprint density at radius 3 is 2.16 bits per heavy atom. The molecule has 0 aliphatic heterocycles. The Labute approximate surface area is 122 Å². The maximum atomic E-state index is 5.90. The third-order valence-electron chi connectivity index (χ3n) is 4.46. The van der Waals surface area contributed by atoms with Crippen LogP contribution in [0.5, 0.6) is 0 Å². The molecule has 0 saturated heterocycles. The lowest BCUT2D eigenvalue weighted by atomic mass is 9.71. The van der Waals surface area contributed by atoms with Gasteiger partial charge in [-0.25, -0.2) is 0 Å². The summed E-state index contributed by atoms with van der Waals surface area (Å²) in [6.07, 6.45) is 5.36. The van der Waals surface area contributed by atoms with Crippen LogP contribution < -0.4 is 5.32 Å². The van der Waals surface area contributed by atoms with E-state index in [1.54, 1.807) is 0 Å². The van der Waals surface area contributed by atoms with E-state index < -0.39 is 0 Å². The van der Waals surface area contributed by atoms with E-state index in [0.29, 0.717) is 11.5 Å². The van der Waals surface area contributed by atoms with Crippen molar-refractivity contribution in [2.75, 3.05) is 0 Å². The molecular weight excluding hydrogens is 254 g/mol. The Morgan fingerprint density at radius 1 is 1.05 bits per heavy atom. The Hall–Kier alpha value is -0.530. The fourth-order valence-electron chi connectivity index (χ4n) is 3.03. The minimum atomic E-state index is 0.473. The Bertz CT molecular complexity index is 383. The van der Waals surface area contributed by atoms with Gasteiger partial charge in [0.1, 0.15) is 0 Å². The van der Waals surface area contributed by atoms with Gasteiger partial charge in [-0.2, -0.15) is 0 Å². The first-order chi connectivity index (χ1) is 8.95. The van der Waals surface area contributed by atoms with E-state index in [1.165, 1.54) is 31.2 Å². The van der Waals surface area contributed by atoms with Gasteiger partial charge in [0.05, 0.1) is 0 Å². The average molecular weight is 280 g/mol. The summed E-state index contributed by atoms with van der Waals surface area (Å²) in [6, 6.07) is 8.84. The molecule has 1 aliphatic rings. The number of nitrogens with one attached hydrogen (secondary N) is 1. The Kier molecular flexibility index (Phi) is 4.92. The third kappa shape index (κ3) is 4.50. The van der Waals surface area contributed by atoms with Gasteiger partial charge >= 0.3 is 0 Å². The van der Waals surface area contributed by atoms with Gasteiger partial charge in [0.2, 0.25) is 0 Å². The van der Waals surface area contributed by atoms with E-state index in [-0.39, 0.29) is 0 Å². The SMILES string of the molecule is CC(C)(C)C1CCC(NCc2ccc(Cl)cc2)CC1. The van der Waals surface area contributed by atoms with Gasteiger partial charge in [-0.15, -0.1) is 0 Å². The second kappa shape index (κ2) is 6.28. The number of hydrogen-bond acceptors (Lipinski definition) is 1. The van der Waals surface area contributed by atoms with E-state index >= 15 is 0 Å². The van der Waals surface area contributed by atoms with Crippen LogP contribution in [-0.2, 0) is 6.54 Å². The predicted molar refractivity (Wildman–Crippen MR) is 83.5 cm³/mol. The van der Waals surface area contributed by atoms with Crippen LogP contribution in [0.4, 0.5) is 0 Å². The number of hydrogen-bond donors (Lipinski definition) is 1. The molecule has 1 aromatic carbocycles. The van der Waals surface area contributed by atoms with Crippen molar-refractivity contribution in [3.8, 4) is 0 Å². The van der Waals surface area contributed by atoms with E-state index in [4.69, 9.17) is 11.6 Å². The summed E-state index contributed by atoms with van der Waals surface area (Å²) in [5, 5.41) is 4.50. The molecule has 0 radical (unpaired) electrons. The second-order valence-corrected chi connectivity index (χ2v) is 7.36. The summed E-state index contributed by atoms with van der Waals surface area (Å²) in [5.41, 5.74) is 1.79. The molecule has 1 aromatic rings. The van der Waals surface area contributed by atoms with Gasteiger partial charge in [0, 0.05) is 17.6 Å². The fourth-order valence-corrected chi connectivity index (χ4v) is 3.15. The number of rotatable bonds is 3. The zero-order valence-electron chi connectivity index (χ0n) is 12.4. The minimum Gasteiger partial charge on any atom is -0.310 e. The van der Waals surface area contributed by atoms with E-state index in [0.717, 1.165) is 17.5 Å². The van der Waals surface area contributed by atoms with Crippen LogP contribution in [0, 0.1) is 11.3 Å². The molecule has 0 atom stereocenters. The van der Waals surface area contributed by atoms with Crippen molar-refractivity contribution in [2.45, 2.75) is 59.0 Å². The molecule has 106 valence electrons. The molecule has 1 saturated carbocycles.